The van der Waals surface area contributed by atoms with Crippen LogP contribution in [0.5, 0.6) is 0 Å². The Hall–Kier alpha value is -8.10. The molecule has 14 atom stereocenters. The van der Waals surface area contributed by atoms with Gasteiger partial charge in [0.1, 0.15) is 50.3 Å². The molecule has 3 aliphatic heterocycles. The monoisotopic (exact) mass is 1110 g/mol. The van der Waals surface area contributed by atoms with Crippen molar-refractivity contribution in [2.75, 3.05) is 26.4 Å². The summed E-state index contributed by atoms with van der Waals surface area (Å²) >= 11 is 0. The Morgan fingerprint density at radius 3 is 1.10 bits per heavy atom. The Labute approximate surface area is 468 Å². The van der Waals surface area contributed by atoms with Crippen molar-refractivity contribution < 1.29 is 86.0 Å². The molecule has 422 valence electrons. The molecule has 3 saturated heterocycles. The largest absolute Gasteiger partial charge is 0.459 e. The molecule has 18 nitrogen and oxygen atoms in total. The lowest BCUT2D eigenvalue weighted by atomic mass is 9.88. The maximum Gasteiger partial charge on any atom is 0.338 e. The number of hydrogen-bond acceptors (Lipinski definition) is 18. The molecule has 0 spiro atoms. The maximum atomic E-state index is 14.5. The highest BCUT2D eigenvalue weighted by Gasteiger charge is 2.55. The molecular weight excluding hydrogens is 1040 g/mol. The van der Waals surface area contributed by atoms with Crippen LogP contribution in [0.4, 0.5) is 0 Å². The second kappa shape index (κ2) is 27.4. The molecule has 6 aromatic carbocycles. The van der Waals surface area contributed by atoms with Crippen molar-refractivity contribution in [2.24, 2.45) is 17.8 Å². The van der Waals surface area contributed by atoms with Crippen LogP contribution < -0.4 is 0 Å². The van der Waals surface area contributed by atoms with Crippen LogP contribution in [-0.2, 0) is 52.1 Å². The number of aliphatic hydroxyl groups is 1. The second-order valence-corrected chi connectivity index (χ2v) is 19.9. The van der Waals surface area contributed by atoms with Gasteiger partial charge in [0.25, 0.3) is 0 Å². The first-order valence-electron chi connectivity index (χ1n) is 26.7. The maximum absolute atomic E-state index is 14.5. The van der Waals surface area contributed by atoms with Gasteiger partial charge in [0.05, 0.1) is 46.1 Å². The normalized spacial score (nSPS) is 27.1. The molecule has 3 aliphatic rings. The van der Waals surface area contributed by atoms with Gasteiger partial charge in [0, 0.05) is 17.8 Å². The zero-order valence-corrected chi connectivity index (χ0v) is 44.6. The van der Waals surface area contributed by atoms with Crippen molar-refractivity contribution in [1.29, 1.82) is 0 Å². The highest BCUT2D eigenvalue weighted by Crippen LogP contribution is 2.39. The van der Waals surface area contributed by atoms with Crippen molar-refractivity contribution in [2.45, 2.75) is 88.3 Å². The standard InChI is InChI=1S/C63H62O18/c1-38-48(35-73-57(66)42-24-12-5-13-25-42)76-62(54(51(38)64)78-60(69)45-30-18-8-19-31-45)81-53-40(3)49(36-74-58(67)43-26-14-6-15-27-43)77-63(55(53)79-61(70)46-32-20-9-21-33-46)80-52-39(2)47(34-72-56(65)41-22-10-4-11-23-41)71-37-50(52)75-59(68)44-28-16-7-17-29-44/h4-33,38-40,47-55,62-64H,34-37H2,1-3H3/t38-,39-,40-,47?,48?,49?,50?,51+,52+,53+,54?,55?,62-,63-/m1/s1. The number of carbonyl (C=O) groups is 6. The summed E-state index contributed by atoms with van der Waals surface area (Å²) in [5.41, 5.74) is 1.33. The first-order chi connectivity index (χ1) is 39.3. The molecule has 1 N–H and O–H groups in total. The molecule has 0 bridgehead atoms. The fraction of sp³-hybridized carbons (Fsp3) is 0.333. The lowest BCUT2D eigenvalue weighted by Gasteiger charge is -2.50. The summed E-state index contributed by atoms with van der Waals surface area (Å²) in [6.07, 6.45) is -14.9. The first-order valence-corrected chi connectivity index (χ1v) is 26.7. The van der Waals surface area contributed by atoms with Gasteiger partial charge in [-0.3, -0.25) is 0 Å². The molecule has 3 heterocycles. The van der Waals surface area contributed by atoms with Gasteiger partial charge < -0.3 is 57.2 Å². The molecule has 6 unspecified atom stereocenters. The van der Waals surface area contributed by atoms with Crippen LogP contribution in [0, 0.1) is 17.8 Å². The summed E-state index contributed by atoms with van der Waals surface area (Å²) in [5.74, 6) is -6.88. The number of ether oxygens (including phenoxy) is 11. The Balaban J connectivity index is 1.09. The van der Waals surface area contributed by atoms with Crippen molar-refractivity contribution >= 4 is 35.8 Å². The Kier molecular flexibility index (Phi) is 19.5. The van der Waals surface area contributed by atoms with Crippen LogP contribution in [0.1, 0.15) is 82.9 Å². The lowest BCUT2D eigenvalue weighted by Crippen LogP contribution is -2.64. The summed E-state index contributed by atoms with van der Waals surface area (Å²) < 4.78 is 69.7. The van der Waals surface area contributed by atoms with E-state index in [4.69, 9.17) is 52.1 Å². The summed E-state index contributed by atoms with van der Waals surface area (Å²) in [6, 6.07) is 49.4. The van der Waals surface area contributed by atoms with Crippen molar-refractivity contribution in [3.8, 4) is 0 Å². The quantitative estimate of drug-likeness (QED) is 0.0597. The first kappa shape index (κ1) is 57.6. The molecule has 9 rings (SSSR count). The Bertz CT molecular complexity index is 3020. The minimum absolute atomic E-state index is 0.129. The number of benzene rings is 6. The zero-order valence-electron chi connectivity index (χ0n) is 44.6. The van der Waals surface area contributed by atoms with Crippen LogP contribution in [0.3, 0.4) is 0 Å². The SMILES string of the molecule is C[C@@H]1C(COC(=O)c2ccccc2)O[C@H](O[C@@H]2C(OC(=O)c3ccccc3)[C@@H](O[C@@H]3C(OC(=O)c4ccccc4)COC(COC(=O)c4ccccc4)[C@H]3C)OC(COC(=O)c3ccccc3)[C@H]2C)C(OC(=O)c2ccccc2)[C@H]1O. The Morgan fingerprint density at radius 1 is 0.383 bits per heavy atom. The third kappa shape index (κ3) is 14.5. The van der Waals surface area contributed by atoms with E-state index in [0.717, 1.165) is 0 Å². The van der Waals surface area contributed by atoms with E-state index < -0.39 is 128 Å². The van der Waals surface area contributed by atoms with Crippen LogP contribution in [0.2, 0.25) is 0 Å². The van der Waals surface area contributed by atoms with Gasteiger partial charge >= 0.3 is 35.8 Å². The van der Waals surface area contributed by atoms with E-state index >= 15 is 0 Å². The van der Waals surface area contributed by atoms with Gasteiger partial charge in [-0.1, -0.05) is 130 Å². The van der Waals surface area contributed by atoms with E-state index in [2.05, 4.69) is 0 Å². The fourth-order valence-corrected chi connectivity index (χ4v) is 9.74. The smallest absolute Gasteiger partial charge is 0.338 e. The van der Waals surface area contributed by atoms with Crippen LogP contribution in [-0.4, -0.2) is 135 Å². The lowest BCUT2D eigenvalue weighted by molar-refractivity contribution is -0.358. The van der Waals surface area contributed by atoms with Gasteiger partial charge in [-0.2, -0.15) is 0 Å². The third-order valence-corrected chi connectivity index (χ3v) is 14.5. The highest BCUT2D eigenvalue weighted by molar-refractivity contribution is 5.92. The molecule has 0 amide bonds. The van der Waals surface area contributed by atoms with E-state index in [9.17, 15) is 33.9 Å². The van der Waals surface area contributed by atoms with E-state index in [-0.39, 0.29) is 47.6 Å². The molecule has 6 aromatic rings. The summed E-state index contributed by atoms with van der Waals surface area (Å²) in [6.45, 7) is 3.77. The summed E-state index contributed by atoms with van der Waals surface area (Å²) in [4.78, 5) is 82.5. The van der Waals surface area contributed by atoms with Gasteiger partial charge in [-0.15, -0.1) is 0 Å². The second-order valence-electron chi connectivity index (χ2n) is 19.9. The number of rotatable bonds is 19. The summed E-state index contributed by atoms with van der Waals surface area (Å²) in [5, 5.41) is 12.2. The fourth-order valence-electron chi connectivity index (χ4n) is 9.74. The highest BCUT2D eigenvalue weighted by atomic mass is 16.8. The number of aliphatic hydroxyl groups excluding tert-OH is 1. The molecule has 0 saturated carbocycles. The van der Waals surface area contributed by atoms with Crippen LogP contribution in [0.25, 0.3) is 0 Å². The van der Waals surface area contributed by atoms with Gasteiger partial charge in [0.15, 0.2) is 30.9 Å². The minimum atomic E-state index is -1.69. The van der Waals surface area contributed by atoms with E-state index in [0.29, 0.717) is 5.56 Å². The van der Waals surface area contributed by atoms with Crippen molar-refractivity contribution in [1.82, 2.24) is 0 Å². The van der Waals surface area contributed by atoms with Gasteiger partial charge in [0.2, 0.25) is 0 Å². The van der Waals surface area contributed by atoms with Gasteiger partial charge in [-0.05, 0) is 72.8 Å². The zero-order chi connectivity index (χ0) is 56.8. The average Bonchev–Trinajstić information content (AvgIpc) is 3.70. The Morgan fingerprint density at radius 2 is 0.691 bits per heavy atom. The summed E-state index contributed by atoms with van der Waals surface area (Å²) in [7, 11) is 0. The third-order valence-electron chi connectivity index (χ3n) is 14.5. The van der Waals surface area contributed by atoms with Crippen LogP contribution >= 0.6 is 0 Å². The van der Waals surface area contributed by atoms with Crippen LogP contribution in [0.15, 0.2) is 182 Å². The number of hydrogen-bond donors (Lipinski definition) is 1. The molecule has 0 radical (unpaired) electrons. The topological polar surface area (TPSA) is 224 Å². The molecule has 0 aromatic heterocycles. The molecule has 81 heavy (non-hydrogen) atoms. The molecule has 0 aliphatic carbocycles. The molecule has 18 heteroatoms. The van der Waals surface area contributed by atoms with Crippen molar-refractivity contribution in [3.05, 3.63) is 215 Å². The number of carbonyl (C=O) groups excluding carboxylic acids is 6. The predicted octanol–water partition coefficient (Wildman–Crippen LogP) is 8.12. The van der Waals surface area contributed by atoms with E-state index in [1.165, 1.54) is 24.3 Å². The molecule has 3 fully saturated rings. The van der Waals surface area contributed by atoms with E-state index in [1.54, 1.807) is 178 Å². The molecular formula is C63H62O18. The minimum Gasteiger partial charge on any atom is -0.459 e. The average molecular weight is 1110 g/mol. The van der Waals surface area contributed by atoms with Crippen molar-refractivity contribution in [3.63, 3.8) is 0 Å². The number of esters is 6. The van der Waals surface area contributed by atoms with E-state index in [1.807, 2.05) is 0 Å². The predicted molar refractivity (Wildman–Crippen MR) is 287 cm³/mol. The van der Waals surface area contributed by atoms with Gasteiger partial charge in [-0.25, -0.2) is 28.8 Å².